The second-order valence-corrected chi connectivity index (χ2v) is 7.60. The van der Waals surface area contributed by atoms with Gasteiger partial charge in [-0.05, 0) is 42.9 Å². The number of aromatic nitrogens is 2. The fourth-order valence-electron chi connectivity index (χ4n) is 3.90. The van der Waals surface area contributed by atoms with E-state index < -0.39 is 0 Å². The number of rotatable bonds is 6. The van der Waals surface area contributed by atoms with Crippen molar-refractivity contribution in [3.8, 4) is 17.1 Å². The van der Waals surface area contributed by atoms with Gasteiger partial charge in [0, 0.05) is 19.7 Å². The molecule has 1 N–H and O–H groups in total. The summed E-state index contributed by atoms with van der Waals surface area (Å²) in [5.74, 6) is 0.498. The number of pyridine rings is 1. The Hall–Kier alpha value is -2.53. The first-order chi connectivity index (χ1) is 13.7. The minimum atomic E-state index is -0.0298. The number of nitrogens with zero attached hydrogens (tertiary/aromatic N) is 1. The molecule has 28 heavy (non-hydrogen) atoms. The van der Waals surface area contributed by atoms with Gasteiger partial charge in [0.25, 0.3) is 0 Å². The van der Waals surface area contributed by atoms with E-state index in [-0.39, 0.29) is 11.5 Å². The lowest BCUT2D eigenvalue weighted by Crippen LogP contribution is -2.26. The Balaban J connectivity index is 1.60. The smallest absolute Gasteiger partial charge is 0.196 e. The number of aryl methyl sites for hydroxylation is 2. The SMILES string of the molecule is CCCc1ccc(-c2cc3c(=O)cc(OCC4CCCCO4)[nH]c3n2C)cc1. The molecule has 1 saturated heterocycles. The first-order valence-electron chi connectivity index (χ1n) is 10.2. The topological polar surface area (TPSA) is 56.2 Å². The molecule has 2 aromatic heterocycles. The van der Waals surface area contributed by atoms with Gasteiger partial charge in [0.15, 0.2) is 11.3 Å². The van der Waals surface area contributed by atoms with E-state index in [0.29, 0.717) is 17.9 Å². The number of ether oxygens (including phenoxy) is 2. The van der Waals surface area contributed by atoms with Crippen molar-refractivity contribution in [1.82, 2.24) is 9.55 Å². The molecular formula is C23H28N2O3. The van der Waals surface area contributed by atoms with Crippen molar-refractivity contribution in [3.63, 3.8) is 0 Å². The molecule has 1 aliphatic heterocycles. The average Bonchev–Trinajstić information content (AvgIpc) is 3.05. The van der Waals surface area contributed by atoms with E-state index in [2.05, 4.69) is 36.2 Å². The maximum absolute atomic E-state index is 12.6. The zero-order valence-electron chi connectivity index (χ0n) is 16.7. The van der Waals surface area contributed by atoms with Crippen LogP contribution in [0.2, 0.25) is 0 Å². The van der Waals surface area contributed by atoms with Gasteiger partial charge >= 0.3 is 0 Å². The van der Waals surface area contributed by atoms with Crippen LogP contribution in [-0.4, -0.2) is 28.9 Å². The average molecular weight is 380 g/mol. The Bertz CT molecular complexity index is 995. The highest BCUT2D eigenvalue weighted by Gasteiger charge is 2.16. The van der Waals surface area contributed by atoms with Crippen LogP contribution in [0.15, 0.2) is 41.2 Å². The predicted octanol–water partition coefficient (Wildman–Crippen LogP) is 4.43. The molecule has 0 bridgehead atoms. The van der Waals surface area contributed by atoms with Gasteiger partial charge in [-0.25, -0.2) is 0 Å². The van der Waals surface area contributed by atoms with Crippen LogP contribution in [0, 0.1) is 0 Å². The summed E-state index contributed by atoms with van der Waals surface area (Å²) >= 11 is 0. The molecule has 1 fully saturated rings. The molecule has 3 aromatic rings. The molecule has 1 aromatic carbocycles. The number of H-pyrrole nitrogens is 1. The molecule has 3 heterocycles. The number of hydrogen-bond acceptors (Lipinski definition) is 3. The van der Waals surface area contributed by atoms with Gasteiger partial charge in [-0.1, -0.05) is 37.6 Å². The molecule has 5 nitrogen and oxygen atoms in total. The Morgan fingerprint density at radius 3 is 2.75 bits per heavy atom. The van der Waals surface area contributed by atoms with Crippen LogP contribution >= 0.6 is 0 Å². The molecule has 0 spiro atoms. The number of nitrogens with one attached hydrogen (secondary N) is 1. The summed E-state index contributed by atoms with van der Waals surface area (Å²) in [6.07, 6.45) is 5.62. The van der Waals surface area contributed by atoms with Crippen molar-refractivity contribution >= 4 is 11.0 Å². The summed E-state index contributed by atoms with van der Waals surface area (Å²) < 4.78 is 13.6. The van der Waals surface area contributed by atoms with E-state index in [4.69, 9.17) is 9.47 Å². The summed E-state index contributed by atoms with van der Waals surface area (Å²) in [5.41, 5.74) is 4.20. The molecule has 1 unspecified atom stereocenters. The number of benzene rings is 1. The van der Waals surface area contributed by atoms with Crippen molar-refractivity contribution in [2.75, 3.05) is 13.2 Å². The zero-order chi connectivity index (χ0) is 19.5. The molecule has 0 amide bonds. The van der Waals surface area contributed by atoms with Crippen molar-refractivity contribution < 1.29 is 9.47 Å². The lowest BCUT2D eigenvalue weighted by molar-refractivity contribution is -0.0119. The summed E-state index contributed by atoms with van der Waals surface area (Å²) in [5, 5.41) is 0.677. The molecule has 4 rings (SSSR count). The maximum Gasteiger partial charge on any atom is 0.196 e. The first kappa shape index (κ1) is 18.8. The van der Waals surface area contributed by atoms with E-state index in [1.54, 1.807) is 6.07 Å². The van der Waals surface area contributed by atoms with Gasteiger partial charge in [-0.15, -0.1) is 0 Å². The Morgan fingerprint density at radius 1 is 1.21 bits per heavy atom. The van der Waals surface area contributed by atoms with Crippen molar-refractivity contribution in [2.45, 2.75) is 45.1 Å². The molecule has 1 atom stereocenters. The molecule has 0 aliphatic carbocycles. The van der Waals surface area contributed by atoms with E-state index in [0.717, 1.165) is 49.2 Å². The predicted molar refractivity (Wildman–Crippen MR) is 112 cm³/mol. The van der Waals surface area contributed by atoms with Gasteiger partial charge < -0.3 is 19.0 Å². The third-order valence-corrected chi connectivity index (χ3v) is 5.49. The Kier molecular flexibility index (Phi) is 5.53. The third kappa shape index (κ3) is 3.85. The lowest BCUT2D eigenvalue weighted by Gasteiger charge is -2.22. The Labute approximate surface area is 165 Å². The largest absolute Gasteiger partial charge is 0.476 e. The van der Waals surface area contributed by atoms with Crippen LogP contribution in [0.3, 0.4) is 0 Å². The molecule has 1 aliphatic rings. The minimum Gasteiger partial charge on any atom is -0.476 e. The van der Waals surface area contributed by atoms with Gasteiger partial charge in [0.05, 0.1) is 17.2 Å². The van der Waals surface area contributed by atoms with Crippen LogP contribution in [0.5, 0.6) is 5.88 Å². The molecule has 0 radical (unpaired) electrons. The number of fused-ring (bicyclic) bond motifs is 1. The van der Waals surface area contributed by atoms with Gasteiger partial charge in [-0.3, -0.25) is 4.79 Å². The summed E-state index contributed by atoms with van der Waals surface area (Å²) in [4.78, 5) is 15.9. The van der Waals surface area contributed by atoms with Crippen LogP contribution in [0.4, 0.5) is 0 Å². The van der Waals surface area contributed by atoms with Crippen molar-refractivity contribution in [2.24, 2.45) is 7.05 Å². The van der Waals surface area contributed by atoms with Gasteiger partial charge in [0.2, 0.25) is 0 Å². The monoisotopic (exact) mass is 380 g/mol. The molecule has 148 valence electrons. The van der Waals surface area contributed by atoms with E-state index in [1.807, 2.05) is 17.7 Å². The normalized spacial score (nSPS) is 17.1. The summed E-state index contributed by atoms with van der Waals surface area (Å²) in [6.45, 7) is 3.45. The van der Waals surface area contributed by atoms with Gasteiger partial charge in [-0.2, -0.15) is 0 Å². The van der Waals surface area contributed by atoms with Crippen LogP contribution in [0.1, 0.15) is 38.2 Å². The maximum atomic E-state index is 12.6. The van der Waals surface area contributed by atoms with Crippen LogP contribution < -0.4 is 10.2 Å². The highest BCUT2D eigenvalue weighted by atomic mass is 16.5. The van der Waals surface area contributed by atoms with Crippen LogP contribution in [0.25, 0.3) is 22.3 Å². The quantitative estimate of drug-likeness (QED) is 0.688. The van der Waals surface area contributed by atoms with E-state index in [9.17, 15) is 4.79 Å². The first-order valence-corrected chi connectivity index (χ1v) is 10.2. The third-order valence-electron chi connectivity index (χ3n) is 5.49. The summed E-state index contributed by atoms with van der Waals surface area (Å²) in [6, 6.07) is 12.1. The van der Waals surface area contributed by atoms with Gasteiger partial charge in [0.1, 0.15) is 12.3 Å². The number of aromatic amines is 1. The van der Waals surface area contributed by atoms with Crippen LogP contribution in [-0.2, 0) is 18.2 Å². The second-order valence-electron chi connectivity index (χ2n) is 7.60. The number of hydrogen-bond donors (Lipinski definition) is 1. The lowest BCUT2D eigenvalue weighted by atomic mass is 10.1. The minimum absolute atomic E-state index is 0.0298. The second kappa shape index (κ2) is 8.23. The highest BCUT2D eigenvalue weighted by Crippen LogP contribution is 2.26. The zero-order valence-corrected chi connectivity index (χ0v) is 16.7. The summed E-state index contributed by atoms with van der Waals surface area (Å²) in [7, 11) is 1.97. The van der Waals surface area contributed by atoms with E-state index >= 15 is 0 Å². The fraction of sp³-hybridized carbons (Fsp3) is 0.435. The molecule has 0 saturated carbocycles. The van der Waals surface area contributed by atoms with Crippen molar-refractivity contribution in [3.05, 3.63) is 52.2 Å². The van der Waals surface area contributed by atoms with E-state index in [1.165, 1.54) is 12.0 Å². The molecule has 5 heteroatoms. The van der Waals surface area contributed by atoms with Crippen molar-refractivity contribution in [1.29, 1.82) is 0 Å². The standard InChI is InChI=1S/C23H28N2O3/c1-3-6-16-8-10-17(11-9-16)20-13-19-21(26)14-22(24-23(19)25(20)2)28-15-18-7-4-5-12-27-18/h8-11,13-14,18H,3-7,12,15H2,1-2H3,(H,24,26). The fourth-order valence-corrected chi connectivity index (χ4v) is 3.90. The molecular weight excluding hydrogens is 352 g/mol. The highest BCUT2D eigenvalue weighted by molar-refractivity contribution is 5.84. The Morgan fingerprint density at radius 2 is 2.04 bits per heavy atom.